The predicted molar refractivity (Wildman–Crippen MR) is 82.3 cm³/mol. The first-order valence-corrected chi connectivity index (χ1v) is 8.31. The molecule has 0 radical (unpaired) electrons. The van der Waals surface area contributed by atoms with Gasteiger partial charge in [0, 0.05) is 12.6 Å². The van der Waals surface area contributed by atoms with Crippen LogP contribution in [0.25, 0.3) is 0 Å². The van der Waals surface area contributed by atoms with E-state index in [-0.39, 0.29) is 23.8 Å². The summed E-state index contributed by atoms with van der Waals surface area (Å²) in [5.74, 6) is -1.07. The summed E-state index contributed by atoms with van der Waals surface area (Å²) in [6.45, 7) is 3.51. The number of hydrogen-bond donors (Lipinski definition) is 2. The largest absolute Gasteiger partial charge is 0.492 e. The molecule has 0 aliphatic carbocycles. The number of furan rings is 1. The van der Waals surface area contributed by atoms with Crippen molar-refractivity contribution in [3.63, 3.8) is 0 Å². The lowest BCUT2D eigenvalue weighted by Gasteiger charge is -2.08. The summed E-state index contributed by atoms with van der Waals surface area (Å²) in [4.78, 5) is 10.6. The van der Waals surface area contributed by atoms with Crippen LogP contribution in [0.15, 0.2) is 39.6 Å². The highest BCUT2D eigenvalue weighted by molar-refractivity contribution is 7.89. The Kier molecular flexibility index (Phi) is 5.07. The minimum atomic E-state index is -3.85. The van der Waals surface area contributed by atoms with Crippen molar-refractivity contribution in [1.29, 1.82) is 0 Å². The van der Waals surface area contributed by atoms with E-state index in [1.807, 2.05) is 25.1 Å². The van der Waals surface area contributed by atoms with E-state index >= 15 is 0 Å². The zero-order valence-electron chi connectivity index (χ0n) is 12.7. The van der Waals surface area contributed by atoms with Crippen LogP contribution < -0.4 is 9.46 Å². The van der Waals surface area contributed by atoms with Gasteiger partial charge in [-0.05, 0) is 31.5 Å². The van der Waals surface area contributed by atoms with Crippen molar-refractivity contribution >= 4 is 16.0 Å². The fraction of sp³-hybridized carbons (Fsp3) is 0.267. The summed E-state index contributed by atoms with van der Waals surface area (Å²) in [5.41, 5.74) is 1.04. The minimum absolute atomic E-state index is 0.0227. The molecule has 23 heavy (non-hydrogen) atoms. The van der Waals surface area contributed by atoms with E-state index in [0.29, 0.717) is 5.75 Å². The van der Waals surface area contributed by atoms with Crippen molar-refractivity contribution in [3.05, 3.63) is 47.4 Å². The maximum atomic E-state index is 12.1. The number of carbonyl (C=O) groups is 1. The van der Waals surface area contributed by atoms with Crippen LogP contribution in [0.3, 0.4) is 0 Å². The van der Waals surface area contributed by atoms with Crippen molar-refractivity contribution in [2.24, 2.45) is 0 Å². The predicted octanol–water partition coefficient (Wildman–Crippen LogP) is 1.95. The molecule has 0 unspecified atom stereocenters. The number of rotatable bonds is 7. The van der Waals surface area contributed by atoms with Crippen LogP contribution in [-0.2, 0) is 10.0 Å². The molecule has 0 aliphatic rings. The van der Waals surface area contributed by atoms with Crippen LogP contribution in [0.2, 0.25) is 0 Å². The third-order valence-corrected chi connectivity index (χ3v) is 4.59. The molecule has 2 aromatic rings. The van der Waals surface area contributed by atoms with Crippen LogP contribution in [-0.4, -0.2) is 32.6 Å². The number of sulfonamides is 1. The highest BCUT2D eigenvalue weighted by Gasteiger charge is 2.23. The number of aryl methyl sites for hydroxylation is 2. The average Bonchev–Trinajstić information content (AvgIpc) is 2.87. The highest BCUT2D eigenvalue weighted by Crippen LogP contribution is 2.19. The molecule has 0 amide bonds. The second-order valence-corrected chi connectivity index (χ2v) is 6.63. The van der Waals surface area contributed by atoms with E-state index in [4.69, 9.17) is 14.3 Å². The summed E-state index contributed by atoms with van der Waals surface area (Å²) in [6.07, 6.45) is 0. The number of aromatic carboxylic acids is 1. The Bertz CT molecular complexity index is 809. The van der Waals surface area contributed by atoms with Gasteiger partial charge in [0.05, 0.1) is 0 Å². The monoisotopic (exact) mass is 339 g/mol. The van der Waals surface area contributed by atoms with Crippen LogP contribution in [0.4, 0.5) is 0 Å². The van der Waals surface area contributed by atoms with E-state index in [1.165, 1.54) is 6.92 Å². The zero-order valence-corrected chi connectivity index (χ0v) is 13.5. The molecular weight excluding hydrogens is 322 g/mol. The van der Waals surface area contributed by atoms with Gasteiger partial charge in [-0.25, -0.2) is 17.9 Å². The van der Waals surface area contributed by atoms with Gasteiger partial charge in [-0.15, -0.1) is 0 Å². The molecule has 0 atom stereocenters. The Hall–Kier alpha value is -2.32. The minimum Gasteiger partial charge on any atom is -0.492 e. The second-order valence-electron chi connectivity index (χ2n) is 4.90. The Labute approximate surface area is 133 Å². The molecule has 0 bridgehead atoms. The number of benzene rings is 1. The first-order valence-electron chi connectivity index (χ1n) is 6.82. The summed E-state index contributed by atoms with van der Waals surface area (Å²) < 4.78 is 37.0. The molecule has 0 saturated heterocycles. The van der Waals surface area contributed by atoms with E-state index in [0.717, 1.165) is 11.6 Å². The molecule has 2 rings (SSSR count). The van der Waals surface area contributed by atoms with E-state index < -0.39 is 21.8 Å². The molecule has 0 saturated carbocycles. The second kappa shape index (κ2) is 6.84. The Balaban J connectivity index is 1.95. The van der Waals surface area contributed by atoms with Gasteiger partial charge >= 0.3 is 5.97 Å². The van der Waals surface area contributed by atoms with Gasteiger partial charge in [-0.1, -0.05) is 12.1 Å². The number of carboxylic acid groups (broad SMARTS) is 1. The lowest BCUT2D eigenvalue weighted by Crippen LogP contribution is -2.28. The SMILES string of the molecule is Cc1cccc(OCCNS(=O)(=O)c2cc(C(=O)O)oc2C)c1. The molecule has 1 heterocycles. The quantitative estimate of drug-likeness (QED) is 0.747. The van der Waals surface area contributed by atoms with Crippen molar-refractivity contribution in [3.8, 4) is 5.75 Å². The summed E-state index contributed by atoms with van der Waals surface area (Å²) in [7, 11) is -3.85. The van der Waals surface area contributed by atoms with Gasteiger partial charge in [-0.3, -0.25) is 0 Å². The van der Waals surface area contributed by atoms with E-state index in [1.54, 1.807) is 6.07 Å². The van der Waals surface area contributed by atoms with Crippen molar-refractivity contribution in [2.45, 2.75) is 18.7 Å². The fourth-order valence-electron chi connectivity index (χ4n) is 1.97. The molecule has 1 aromatic heterocycles. The van der Waals surface area contributed by atoms with Gasteiger partial charge in [-0.2, -0.15) is 0 Å². The standard InChI is InChI=1S/C15H17NO6S/c1-10-4-3-5-12(8-10)21-7-6-16-23(19,20)14-9-13(15(17)18)22-11(14)2/h3-5,8-9,16H,6-7H2,1-2H3,(H,17,18). The van der Waals surface area contributed by atoms with Crippen LogP contribution >= 0.6 is 0 Å². The van der Waals surface area contributed by atoms with Gasteiger partial charge in [0.2, 0.25) is 15.8 Å². The molecule has 0 spiro atoms. The lowest BCUT2D eigenvalue weighted by molar-refractivity contribution is 0.0661. The summed E-state index contributed by atoms with van der Waals surface area (Å²) in [5, 5.41) is 8.82. The van der Waals surface area contributed by atoms with Gasteiger partial charge in [0.15, 0.2) is 0 Å². The molecular formula is C15H17NO6S. The molecule has 1 aromatic carbocycles. The van der Waals surface area contributed by atoms with Crippen LogP contribution in [0.5, 0.6) is 5.75 Å². The number of ether oxygens (including phenoxy) is 1. The van der Waals surface area contributed by atoms with Gasteiger partial charge < -0.3 is 14.3 Å². The maximum Gasteiger partial charge on any atom is 0.371 e. The zero-order chi connectivity index (χ0) is 17.0. The topological polar surface area (TPSA) is 106 Å². The maximum absolute atomic E-state index is 12.1. The Morgan fingerprint density at radius 2 is 2.04 bits per heavy atom. The third-order valence-electron chi connectivity index (χ3n) is 3.02. The molecule has 7 nitrogen and oxygen atoms in total. The van der Waals surface area contributed by atoms with E-state index in [9.17, 15) is 13.2 Å². The van der Waals surface area contributed by atoms with Crippen molar-refractivity contribution in [1.82, 2.24) is 4.72 Å². The van der Waals surface area contributed by atoms with Crippen LogP contribution in [0.1, 0.15) is 21.9 Å². The Morgan fingerprint density at radius 1 is 1.30 bits per heavy atom. The molecule has 0 fully saturated rings. The van der Waals surface area contributed by atoms with E-state index in [2.05, 4.69) is 4.72 Å². The smallest absolute Gasteiger partial charge is 0.371 e. The summed E-state index contributed by atoms with van der Waals surface area (Å²) in [6, 6.07) is 8.38. The number of nitrogens with one attached hydrogen (secondary N) is 1. The Morgan fingerprint density at radius 3 is 2.65 bits per heavy atom. The number of hydrogen-bond acceptors (Lipinski definition) is 5. The van der Waals surface area contributed by atoms with Gasteiger partial charge in [0.25, 0.3) is 0 Å². The molecule has 0 aliphatic heterocycles. The highest BCUT2D eigenvalue weighted by atomic mass is 32.2. The first-order chi connectivity index (χ1) is 10.8. The summed E-state index contributed by atoms with van der Waals surface area (Å²) >= 11 is 0. The number of carboxylic acids is 1. The average molecular weight is 339 g/mol. The normalized spacial score (nSPS) is 11.4. The first kappa shape index (κ1) is 17.0. The van der Waals surface area contributed by atoms with Gasteiger partial charge in [0.1, 0.15) is 23.0 Å². The molecule has 8 heteroatoms. The van der Waals surface area contributed by atoms with Crippen molar-refractivity contribution < 1.29 is 27.5 Å². The fourth-order valence-corrected chi connectivity index (χ4v) is 3.16. The van der Waals surface area contributed by atoms with Crippen LogP contribution in [0, 0.1) is 13.8 Å². The molecule has 2 N–H and O–H groups in total. The molecule has 124 valence electrons. The third kappa shape index (κ3) is 4.33. The lowest BCUT2D eigenvalue weighted by atomic mass is 10.2. The van der Waals surface area contributed by atoms with Crippen molar-refractivity contribution in [2.75, 3.05) is 13.2 Å².